The maximum atomic E-state index is 7.66. The molecule has 1 aromatic carbocycles. The highest BCUT2D eigenvalue weighted by Gasteiger charge is 2.34. The van der Waals surface area contributed by atoms with E-state index in [1.807, 2.05) is 13.0 Å². The molecule has 3 aromatic heterocycles. The van der Waals surface area contributed by atoms with E-state index < -0.39 is 6.85 Å². The Kier molecular flexibility index (Phi) is 3.55. The number of fused-ring (bicyclic) bond motifs is 3. The molecule has 5 rings (SSSR count). The summed E-state index contributed by atoms with van der Waals surface area (Å²) in [6.45, 7) is 4.13. The molecule has 0 fully saturated rings. The molecule has 0 radical (unpaired) electrons. The first-order valence-corrected chi connectivity index (χ1v) is 10.1. The molecule has 4 heterocycles. The normalized spacial score (nSPS) is 15.5. The average Bonchev–Trinajstić information content (AvgIpc) is 3.14. The number of pyridine rings is 2. The molecule has 4 nitrogen and oxygen atoms in total. The molecule has 0 atom stereocenters. The van der Waals surface area contributed by atoms with Gasteiger partial charge >= 0.3 is 6.85 Å². The largest absolute Gasteiger partial charge is 0.434 e. The third-order valence-corrected chi connectivity index (χ3v) is 5.89. The van der Waals surface area contributed by atoms with Gasteiger partial charge in [-0.25, -0.2) is 9.55 Å². The van der Waals surface area contributed by atoms with Crippen molar-refractivity contribution < 1.29 is 13.1 Å². The summed E-state index contributed by atoms with van der Waals surface area (Å²) in [5.41, 5.74) is 5.67. The topological polar surface area (TPSA) is 33.2 Å². The molecule has 4 aromatic rings. The van der Waals surface area contributed by atoms with Crippen molar-refractivity contribution in [1.29, 1.82) is 0 Å². The quantitative estimate of drug-likeness (QED) is 0.383. The number of rotatable bonds is 2. The number of anilines is 1. The number of furan rings is 1. The molecule has 0 saturated heterocycles. The SMILES string of the molecule is [2H]C([2H])([2H])c1ccc2c3c(oc2n1)=C(C)N(c1cc(C)c(-c2ccccc2)c[n+]1C)B(C)C=3. The minimum absolute atomic E-state index is 0.0437. The fourth-order valence-electron chi connectivity index (χ4n) is 4.44. The highest BCUT2D eigenvalue weighted by atomic mass is 16.3. The van der Waals surface area contributed by atoms with Crippen molar-refractivity contribution in [2.45, 2.75) is 27.5 Å². The van der Waals surface area contributed by atoms with Crippen molar-refractivity contribution >= 4 is 35.4 Å². The van der Waals surface area contributed by atoms with Crippen LogP contribution >= 0.6 is 0 Å². The number of hydrogen-bond acceptors (Lipinski definition) is 3. The summed E-state index contributed by atoms with van der Waals surface area (Å²) in [7, 11) is 2.06. The molecule has 0 saturated carbocycles. The Morgan fingerprint density at radius 3 is 2.70 bits per heavy atom. The molecule has 148 valence electrons. The molecule has 1 aliphatic rings. The van der Waals surface area contributed by atoms with Crippen LogP contribution in [0, 0.1) is 13.8 Å². The zero-order valence-electron chi connectivity index (χ0n) is 20.6. The lowest BCUT2D eigenvalue weighted by molar-refractivity contribution is -0.657. The maximum absolute atomic E-state index is 7.66. The van der Waals surface area contributed by atoms with Gasteiger partial charge in [-0.1, -0.05) is 36.3 Å². The molecule has 0 aliphatic carbocycles. The summed E-state index contributed by atoms with van der Waals surface area (Å²) in [4.78, 5) is 6.55. The Labute approximate surface area is 181 Å². The summed E-state index contributed by atoms with van der Waals surface area (Å²) in [5, 5.41) is 1.81. The van der Waals surface area contributed by atoms with Gasteiger partial charge in [-0.05, 0) is 50.8 Å². The fourth-order valence-corrected chi connectivity index (χ4v) is 4.44. The van der Waals surface area contributed by atoms with Gasteiger partial charge in [0.15, 0.2) is 5.42 Å². The van der Waals surface area contributed by atoms with Gasteiger partial charge in [-0.2, -0.15) is 0 Å². The molecular weight excluding hydrogens is 369 g/mol. The molecule has 0 unspecified atom stereocenters. The van der Waals surface area contributed by atoms with Gasteiger partial charge in [0.2, 0.25) is 5.71 Å². The molecule has 0 spiro atoms. The van der Waals surface area contributed by atoms with Gasteiger partial charge in [0.25, 0.3) is 5.82 Å². The second-order valence-corrected chi connectivity index (χ2v) is 7.96. The number of aromatic nitrogens is 2. The van der Waals surface area contributed by atoms with Crippen molar-refractivity contribution in [3.8, 4) is 11.1 Å². The van der Waals surface area contributed by atoms with E-state index in [9.17, 15) is 0 Å². The number of benzene rings is 1. The predicted molar refractivity (Wildman–Crippen MR) is 123 cm³/mol. The van der Waals surface area contributed by atoms with Crippen molar-refractivity contribution in [2.75, 3.05) is 4.81 Å². The average molecular weight is 397 g/mol. The summed E-state index contributed by atoms with van der Waals surface area (Å²) in [5.74, 6) is 3.21. The van der Waals surface area contributed by atoms with Gasteiger partial charge in [-0.15, -0.1) is 0 Å². The third-order valence-electron chi connectivity index (χ3n) is 5.89. The Bertz CT molecular complexity index is 1510. The molecule has 5 heteroatoms. The number of aryl methyl sites for hydroxylation is 3. The Morgan fingerprint density at radius 2 is 1.93 bits per heavy atom. The van der Waals surface area contributed by atoms with Crippen LogP contribution in [0.1, 0.15) is 22.3 Å². The van der Waals surface area contributed by atoms with Crippen LogP contribution in [-0.2, 0) is 7.05 Å². The van der Waals surface area contributed by atoms with Crippen molar-refractivity contribution in [3.05, 3.63) is 76.6 Å². The van der Waals surface area contributed by atoms with Crippen LogP contribution in [0.25, 0.3) is 33.9 Å². The van der Waals surface area contributed by atoms with E-state index in [1.54, 1.807) is 12.1 Å². The summed E-state index contributed by atoms with van der Waals surface area (Å²) in [6.07, 6.45) is 2.16. The van der Waals surface area contributed by atoms with Crippen LogP contribution in [-0.4, -0.2) is 11.8 Å². The zero-order valence-corrected chi connectivity index (χ0v) is 17.6. The molecule has 0 amide bonds. The molecule has 0 bridgehead atoms. The van der Waals surface area contributed by atoms with E-state index in [4.69, 9.17) is 8.53 Å². The van der Waals surface area contributed by atoms with E-state index in [-0.39, 0.29) is 12.5 Å². The van der Waals surface area contributed by atoms with E-state index in [1.165, 1.54) is 16.7 Å². The number of nitrogens with zero attached hydrogens (tertiary/aromatic N) is 3. The monoisotopic (exact) mass is 397 g/mol. The van der Waals surface area contributed by atoms with Crippen LogP contribution in [0.4, 0.5) is 5.82 Å². The van der Waals surface area contributed by atoms with Crippen LogP contribution in [0.2, 0.25) is 6.82 Å². The van der Waals surface area contributed by atoms with Gasteiger partial charge in [0, 0.05) is 32.0 Å². The standard InChI is InChI=1S/C25H25BN3O/c1-16-13-23(28(5)15-22(16)19-9-7-6-8-10-19)29-18(3)24-21(14-26(29)4)20-12-11-17(2)27-25(20)30-24/h6-15H,1-5H3/q+1/i2D3. The lowest BCUT2D eigenvalue weighted by atomic mass is 9.60. The minimum Gasteiger partial charge on any atom is -0.434 e. The van der Waals surface area contributed by atoms with Gasteiger partial charge in [0.05, 0.1) is 13.2 Å². The number of hydrogen-bond donors (Lipinski definition) is 0. The predicted octanol–water partition coefficient (Wildman–Crippen LogP) is 3.53. The molecule has 30 heavy (non-hydrogen) atoms. The maximum Gasteiger partial charge on any atom is 0.402 e. The van der Waals surface area contributed by atoms with Gasteiger partial charge < -0.3 is 4.42 Å². The highest BCUT2D eigenvalue weighted by Crippen LogP contribution is 2.27. The Hall–Kier alpha value is -3.34. The van der Waals surface area contributed by atoms with Crippen LogP contribution in [0.15, 0.2) is 59.1 Å². The lowest BCUT2D eigenvalue weighted by Crippen LogP contribution is -2.50. The molecule has 0 N–H and O–H groups in total. The van der Waals surface area contributed by atoms with E-state index in [0.29, 0.717) is 5.71 Å². The summed E-state index contributed by atoms with van der Waals surface area (Å²) >= 11 is 0. The summed E-state index contributed by atoms with van der Waals surface area (Å²) < 4.78 is 31.2. The van der Waals surface area contributed by atoms with Crippen molar-refractivity contribution in [2.24, 2.45) is 7.05 Å². The van der Waals surface area contributed by atoms with Crippen LogP contribution in [0.5, 0.6) is 0 Å². The molecule has 1 aliphatic heterocycles. The van der Waals surface area contributed by atoms with E-state index >= 15 is 0 Å². The van der Waals surface area contributed by atoms with E-state index in [0.717, 1.165) is 27.5 Å². The van der Waals surface area contributed by atoms with Crippen LogP contribution < -0.4 is 20.0 Å². The second kappa shape index (κ2) is 6.87. The molecular formula is C25H25BN3O+. The van der Waals surface area contributed by atoms with E-state index in [2.05, 4.69) is 77.7 Å². The van der Waals surface area contributed by atoms with Crippen molar-refractivity contribution in [1.82, 2.24) is 4.98 Å². The van der Waals surface area contributed by atoms with Gasteiger partial charge in [-0.3, -0.25) is 4.81 Å². The Morgan fingerprint density at radius 1 is 1.13 bits per heavy atom. The second-order valence-electron chi connectivity index (χ2n) is 7.96. The fraction of sp³-hybridized carbons (Fsp3) is 0.200. The lowest BCUT2D eigenvalue weighted by Gasteiger charge is -2.24. The van der Waals surface area contributed by atoms with Gasteiger partial charge in [0.1, 0.15) is 5.70 Å². The first-order valence-electron chi connectivity index (χ1n) is 11.6. The minimum atomic E-state index is -2.27. The Balaban J connectivity index is 1.67. The summed E-state index contributed by atoms with van der Waals surface area (Å²) in [6, 6.07) is 15.9. The first-order chi connectivity index (χ1) is 15.6. The highest BCUT2D eigenvalue weighted by molar-refractivity contribution is 6.77. The smallest absolute Gasteiger partial charge is 0.402 e. The van der Waals surface area contributed by atoms with Crippen LogP contribution in [0.3, 0.4) is 0 Å². The zero-order chi connectivity index (χ0) is 23.5. The third kappa shape index (κ3) is 2.85. The first kappa shape index (κ1) is 15.5. The van der Waals surface area contributed by atoms with Crippen molar-refractivity contribution in [3.63, 3.8) is 0 Å².